The monoisotopic (exact) mass is 298 g/mol. The third-order valence-electron chi connectivity index (χ3n) is 3.79. The minimum absolute atomic E-state index is 0.0958. The maximum atomic E-state index is 11.8. The molecule has 0 aromatic rings. The van der Waals surface area contributed by atoms with E-state index < -0.39 is 0 Å². The molecular weight excluding hydrogens is 268 g/mol. The highest BCUT2D eigenvalue weighted by Gasteiger charge is 2.20. The van der Waals surface area contributed by atoms with E-state index in [0.29, 0.717) is 13.1 Å². The van der Waals surface area contributed by atoms with E-state index in [-0.39, 0.29) is 17.9 Å². The van der Waals surface area contributed by atoms with E-state index in [0.717, 1.165) is 45.6 Å². The summed E-state index contributed by atoms with van der Waals surface area (Å²) in [6.45, 7) is 11.2. The van der Waals surface area contributed by atoms with Crippen molar-refractivity contribution in [2.45, 2.75) is 39.7 Å². The van der Waals surface area contributed by atoms with E-state index in [1.54, 1.807) is 0 Å². The summed E-state index contributed by atoms with van der Waals surface area (Å²) in [5, 5.41) is 5.88. The van der Waals surface area contributed by atoms with E-state index in [2.05, 4.69) is 27.4 Å². The largest absolute Gasteiger partial charge is 0.355 e. The molecule has 122 valence electrons. The molecule has 0 saturated carbocycles. The number of carbonyl (C=O) groups is 2. The molecule has 0 bridgehead atoms. The Labute approximate surface area is 128 Å². The molecule has 0 aromatic heterocycles. The SMILES string of the molecule is CCCNC(=O)CN1CCN(CC(=O)NC(C)CC)CC1. The normalized spacial score (nSPS) is 18.2. The van der Waals surface area contributed by atoms with Crippen LogP contribution in [-0.4, -0.2) is 73.5 Å². The quantitative estimate of drug-likeness (QED) is 0.664. The van der Waals surface area contributed by atoms with Gasteiger partial charge in [0.15, 0.2) is 0 Å². The van der Waals surface area contributed by atoms with Gasteiger partial charge in [0.1, 0.15) is 0 Å². The van der Waals surface area contributed by atoms with Gasteiger partial charge >= 0.3 is 0 Å². The van der Waals surface area contributed by atoms with Crippen LogP contribution in [0.25, 0.3) is 0 Å². The molecule has 21 heavy (non-hydrogen) atoms. The van der Waals surface area contributed by atoms with Crippen molar-refractivity contribution in [3.63, 3.8) is 0 Å². The molecule has 0 spiro atoms. The second-order valence-corrected chi connectivity index (χ2v) is 5.78. The number of piperazine rings is 1. The van der Waals surface area contributed by atoms with E-state index in [4.69, 9.17) is 0 Å². The molecule has 1 aliphatic rings. The zero-order valence-corrected chi connectivity index (χ0v) is 13.7. The Morgan fingerprint density at radius 3 is 2.00 bits per heavy atom. The van der Waals surface area contributed by atoms with Gasteiger partial charge < -0.3 is 10.6 Å². The number of nitrogens with one attached hydrogen (secondary N) is 2. The molecule has 1 atom stereocenters. The van der Waals surface area contributed by atoms with Gasteiger partial charge in [-0.05, 0) is 19.8 Å². The lowest BCUT2D eigenvalue weighted by Crippen LogP contribution is -2.52. The molecule has 1 unspecified atom stereocenters. The molecule has 1 aliphatic heterocycles. The lowest BCUT2D eigenvalue weighted by molar-refractivity contribution is -0.125. The predicted octanol–water partition coefficient (Wildman–Crippen LogP) is 0.0449. The van der Waals surface area contributed by atoms with Crippen LogP contribution in [0.5, 0.6) is 0 Å². The van der Waals surface area contributed by atoms with Gasteiger partial charge in [-0.3, -0.25) is 19.4 Å². The average Bonchev–Trinajstić information content (AvgIpc) is 2.47. The number of amides is 2. The Morgan fingerprint density at radius 1 is 1.00 bits per heavy atom. The fourth-order valence-corrected chi connectivity index (χ4v) is 2.25. The molecule has 0 aromatic carbocycles. The Bertz CT molecular complexity index is 328. The number of carbonyl (C=O) groups excluding carboxylic acids is 2. The van der Waals surface area contributed by atoms with Crippen molar-refractivity contribution in [3.8, 4) is 0 Å². The summed E-state index contributed by atoms with van der Waals surface area (Å²) in [6, 6.07) is 0.237. The van der Waals surface area contributed by atoms with Crippen LogP contribution in [0.2, 0.25) is 0 Å². The van der Waals surface area contributed by atoms with Gasteiger partial charge in [0.05, 0.1) is 13.1 Å². The average molecular weight is 298 g/mol. The van der Waals surface area contributed by atoms with E-state index in [9.17, 15) is 9.59 Å². The van der Waals surface area contributed by atoms with Crippen LogP contribution in [0, 0.1) is 0 Å². The van der Waals surface area contributed by atoms with E-state index >= 15 is 0 Å². The van der Waals surface area contributed by atoms with Gasteiger partial charge in [0, 0.05) is 38.8 Å². The first-order chi connectivity index (χ1) is 10.0. The smallest absolute Gasteiger partial charge is 0.234 e. The fourth-order valence-electron chi connectivity index (χ4n) is 2.25. The first-order valence-corrected chi connectivity index (χ1v) is 8.05. The fraction of sp³-hybridized carbons (Fsp3) is 0.867. The maximum Gasteiger partial charge on any atom is 0.234 e. The van der Waals surface area contributed by atoms with Crippen LogP contribution in [0.4, 0.5) is 0 Å². The number of hydrogen-bond acceptors (Lipinski definition) is 4. The van der Waals surface area contributed by atoms with Gasteiger partial charge in [-0.2, -0.15) is 0 Å². The lowest BCUT2D eigenvalue weighted by Gasteiger charge is -2.34. The Kier molecular flexibility index (Phi) is 8.30. The second-order valence-electron chi connectivity index (χ2n) is 5.78. The van der Waals surface area contributed by atoms with Gasteiger partial charge in [0.2, 0.25) is 11.8 Å². The number of rotatable bonds is 8. The molecule has 0 aliphatic carbocycles. The summed E-state index contributed by atoms with van der Waals surface area (Å²) in [6.07, 6.45) is 1.91. The molecule has 6 heteroatoms. The highest BCUT2D eigenvalue weighted by atomic mass is 16.2. The molecule has 6 nitrogen and oxygen atoms in total. The van der Waals surface area contributed by atoms with Crippen molar-refractivity contribution in [2.24, 2.45) is 0 Å². The number of hydrogen-bond donors (Lipinski definition) is 2. The molecule has 1 rings (SSSR count). The van der Waals surface area contributed by atoms with Gasteiger partial charge in [-0.15, -0.1) is 0 Å². The zero-order chi connectivity index (χ0) is 15.7. The second kappa shape index (κ2) is 9.73. The van der Waals surface area contributed by atoms with Crippen molar-refractivity contribution < 1.29 is 9.59 Å². The summed E-state index contributed by atoms with van der Waals surface area (Å²) >= 11 is 0. The molecule has 1 saturated heterocycles. The van der Waals surface area contributed by atoms with E-state index in [1.807, 2.05) is 13.8 Å². The van der Waals surface area contributed by atoms with Crippen molar-refractivity contribution in [1.82, 2.24) is 20.4 Å². The van der Waals surface area contributed by atoms with Gasteiger partial charge in [0.25, 0.3) is 0 Å². The molecule has 2 N–H and O–H groups in total. The molecule has 2 amide bonds. The maximum absolute atomic E-state index is 11.8. The minimum Gasteiger partial charge on any atom is -0.355 e. The van der Waals surface area contributed by atoms with Crippen molar-refractivity contribution in [1.29, 1.82) is 0 Å². The lowest BCUT2D eigenvalue weighted by atomic mass is 10.2. The molecule has 1 heterocycles. The summed E-state index contributed by atoms with van der Waals surface area (Å²) < 4.78 is 0. The molecule has 1 fully saturated rings. The summed E-state index contributed by atoms with van der Waals surface area (Å²) in [5.74, 6) is 0.193. The predicted molar refractivity (Wildman–Crippen MR) is 84.1 cm³/mol. The van der Waals surface area contributed by atoms with E-state index in [1.165, 1.54) is 0 Å². The molecule has 0 radical (unpaired) electrons. The first kappa shape index (κ1) is 17.9. The highest BCUT2D eigenvalue weighted by Crippen LogP contribution is 2.01. The Hall–Kier alpha value is -1.14. The Morgan fingerprint density at radius 2 is 1.52 bits per heavy atom. The van der Waals surface area contributed by atoms with Crippen LogP contribution in [0.1, 0.15) is 33.6 Å². The first-order valence-electron chi connectivity index (χ1n) is 8.05. The summed E-state index contributed by atoms with van der Waals surface area (Å²) in [7, 11) is 0. The Balaban J connectivity index is 2.20. The van der Waals surface area contributed by atoms with Crippen molar-refractivity contribution in [2.75, 3.05) is 45.8 Å². The minimum atomic E-state index is 0.0958. The van der Waals surface area contributed by atoms with Crippen LogP contribution in [0.15, 0.2) is 0 Å². The molecular formula is C15H30N4O2. The standard InChI is InChI=1S/C15H30N4O2/c1-4-6-16-14(20)11-18-7-9-19(10-8-18)12-15(21)17-13(3)5-2/h13H,4-12H2,1-3H3,(H,16,20)(H,17,21). The third kappa shape index (κ3) is 7.43. The van der Waals surface area contributed by atoms with Crippen molar-refractivity contribution >= 4 is 11.8 Å². The third-order valence-corrected chi connectivity index (χ3v) is 3.79. The van der Waals surface area contributed by atoms with Crippen LogP contribution in [-0.2, 0) is 9.59 Å². The van der Waals surface area contributed by atoms with Crippen molar-refractivity contribution in [3.05, 3.63) is 0 Å². The van der Waals surface area contributed by atoms with Crippen LogP contribution in [0.3, 0.4) is 0 Å². The highest BCUT2D eigenvalue weighted by molar-refractivity contribution is 5.78. The number of nitrogens with zero attached hydrogens (tertiary/aromatic N) is 2. The zero-order valence-electron chi connectivity index (χ0n) is 13.7. The summed E-state index contributed by atoms with van der Waals surface area (Å²) in [4.78, 5) is 27.8. The van der Waals surface area contributed by atoms with Gasteiger partial charge in [-0.1, -0.05) is 13.8 Å². The van der Waals surface area contributed by atoms with Crippen LogP contribution < -0.4 is 10.6 Å². The van der Waals surface area contributed by atoms with Crippen LogP contribution >= 0.6 is 0 Å². The summed E-state index contributed by atoms with van der Waals surface area (Å²) in [5.41, 5.74) is 0. The van der Waals surface area contributed by atoms with Gasteiger partial charge in [-0.25, -0.2) is 0 Å². The topological polar surface area (TPSA) is 64.7 Å².